The van der Waals surface area contributed by atoms with E-state index in [1.807, 2.05) is 25.1 Å². The van der Waals surface area contributed by atoms with Crippen LogP contribution in [0, 0.1) is 35.0 Å². The van der Waals surface area contributed by atoms with Crippen molar-refractivity contribution in [1.29, 1.82) is 5.26 Å². The summed E-state index contributed by atoms with van der Waals surface area (Å²) in [5, 5.41) is 9.49. The van der Waals surface area contributed by atoms with Gasteiger partial charge in [-0.2, -0.15) is 5.26 Å². The molecule has 0 aliphatic heterocycles. The first-order valence-corrected chi connectivity index (χ1v) is 7.26. The van der Waals surface area contributed by atoms with E-state index >= 15 is 0 Å². The average Bonchev–Trinajstić information content (AvgIpc) is 2.82. The molecule has 1 aromatic carbocycles. The Bertz CT molecular complexity index is 609. The van der Waals surface area contributed by atoms with Crippen LogP contribution in [-0.4, -0.2) is 12.9 Å². The predicted molar refractivity (Wildman–Crippen MR) is 82.1 cm³/mol. The van der Waals surface area contributed by atoms with E-state index in [1.165, 1.54) is 0 Å². The van der Waals surface area contributed by atoms with Crippen molar-refractivity contribution in [1.82, 2.24) is 0 Å². The van der Waals surface area contributed by atoms with E-state index < -0.39 is 5.92 Å². The molecule has 0 amide bonds. The number of methoxy groups -OCH3 is 1. The van der Waals surface area contributed by atoms with Gasteiger partial charge in [-0.25, -0.2) is 0 Å². The van der Waals surface area contributed by atoms with Crippen LogP contribution >= 0.6 is 0 Å². The molecule has 1 aromatic rings. The van der Waals surface area contributed by atoms with E-state index in [9.17, 15) is 10.1 Å². The van der Waals surface area contributed by atoms with Gasteiger partial charge >= 0.3 is 0 Å². The fourth-order valence-electron chi connectivity index (χ4n) is 3.39. The maximum Gasteiger partial charge on any atom is 0.158 e. The van der Waals surface area contributed by atoms with E-state index in [2.05, 4.69) is 33.8 Å². The Kier molecular flexibility index (Phi) is 3.61. The number of ether oxygens (including phenoxy) is 1. The van der Waals surface area contributed by atoms with Crippen LogP contribution in [0.5, 0.6) is 5.75 Å². The minimum atomic E-state index is -0.717. The zero-order chi connectivity index (χ0) is 16.0. The van der Waals surface area contributed by atoms with E-state index in [1.54, 1.807) is 7.11 Å². The highest BCUT2D eigenvalue weighted by Crippen LogP contribution is 2.69. The number of carbonyl (C=O) groups is 1. The van der Waals surface area contributed by atoms with Crippen LogP contribution in [-0.2, 0) is 4.79 Å². The van der Waals surface area contributed by atoms with Crippen molar-refractivity contribution in [3.63, 3.8) is 0 Å². The first-order chi connectivity index (χ1) is 9.68. The van der Waals surface area contributed by atoms with Crippen LogP contribution in [0.4, 0.5) is 0 Å². The van der Waals surface area contributed by atoms with Crippen LogP contribution in [0.2, 0.25) is 0 Å². The molecule has 3 heteroatoms. The molecule has 3 nitrogen and oxygen atoms in total. The standard InChI is InChI=1S/C18H23NO2/c1-11-7-8-12(9-14(11)21-6)13(10-19)15(20)16-17(2,3)18(16,4)5/h7-9,13,16H,1-6H3. The molecule has 1 fully saturated rings. The summed E-state index contributed by atoms with van der Waals surface area (Å²) in [5.41, 5.74) is 1.63. The molecule has 0 N–H and O–H groups in total. The fourth-order valence-corrected chi connectivity index (χ4v) is 3.39. The molecule has 0 heterocycles. The zero-order valence-corrected chi connectivity index (χ0v) is 13.7. The van der Waals surface area contributed by atoms with Gasteiger partial charge in [0, 0.05) is 5.92 Å². The number of ketones is 1. The lowest BCUT2D eigenvalue weighted by Gasteiger charge is -2.12. The highest BCUT2D eigenvalue weighted by Gasteiger charge is 2.68. The van der Waals surface area contributed by atoms with Gasteiger partial charge in [-0.1, -0.05) is 39.8 Å². The van der Waals surface area contributed by atoms with Crippen LogP contribution < -0.4 is 4.74 Å². The maximum atomic E-state index is 12.8. The van der Waals surface area contributed by atoms with E-state index in [4.69, 9.17) is 4.74 Å². The second-order valence-corrected chi connectivity index (χ2v) is 7.07. The lowest BCUT2D eigenvalue weighted by molar-refractivity contribution is -0.121. The normalized spacial score (nSPS) is 20.4. The highest BCUT2D eigenvalue weighted by atomic mass is 16.5. The number of benzene rings is 1. The Morgan fingerprint density at radius 1 is 1.29 bits per heavy atom. The summed E-state index contributed by atoms with van der Waals surface area (Å²) in [6.45, 7) is 10.3. The van der Waals surface area contributed by atoms with Crippen LogP contribution in [0.1, 0.15) is 44.7 Å². The summed E-state index contributed by atoms with van der Waals surface area (Å²) in [7, 11) is 1.60. The summed E-state index contributed by atoms with van der Waals surface area (Å²) in [5.74, 6) is -0.0410. The molecule has 112 valence electrons. The Morgan fingerprint density at radius 3 is 2.29 bits per heavy atom. The molecule has 1 aliphatic rings. The van der Waals surface area contributed by atoms with Crippen molar-refractivity contribution >= 4 is 5.78 Å². The SMILES string of the molecule is COc1cc(C(C#N)C(=O)C2C(C)(C)C2(C)C)ccc1C. The summed E-state index contributed by atoms with van der Waals surface area (Å²) < 4.78 is 5.30. The molecule has 21 heavy (non-hydrogen) atoms. The Balaban J connectivity index is 2.34. The zero-order valence-electron chi connectivity index (χ0n) is 13.7. The van der Waals surface area contributed by atoms with Gasteiger partial charge in [0.05, 0.1) is 13.2 Å². The Labute approximate surface area is 126 Å². The van der Waals surface area contributed by atoms with Crippen molar-refractivity contribution in [3.05, 3.63) is 29.3 Å². The second-order valence-electron chi connectivity index (χ2n) is 7.07. The number of Topliss-reactive ketones (excluding diaryl/α,β-unsaturated/α-hetero) is 1. The van der Waals surface area contributed by atoms with Crippen LogP contribution in [0.25, 0.3) is 0 Å². The Hall–Kier alpha value is -1.82. The van der Waals surface area contributed by atoms with Gasteiger partial charge in [-0.15, -0.1) is 0 Å². The molecular weight excluding hydrogens is 262 g/mol. The van der Waals surface area contributed by atoms with Gasteiger partial charge in [0.2, 0.25) is 0 Å². The van der Waals surface area contributed by atoms with Crippen LogP contribution in [0.3, 0.4) is 0 Å². The number of carbonyl (C=O) groups excluding carboxylic acids is 1. The van der Waals surface area contributed by atoms with Crippen molar-refractivity contribution < 1.29 is 9.53 Å². The lowest BCUT2D eigenvalue weighted by atomic mass is 9.90. The van der Waals surface area contributed by atoms with E-state index in [0.717, 1.165) is 16.9 Å². The summed E-state index contributed by atoms with van der Waals surface area (Å²) in [6, 6.07) is 7.74. The average molecular weight is 285 g/mol. The summed E-state index contributed by atoms with van der Waals surface area (Å²) >= 11 is 0. The quantitative estimate of drug-likeness (QED) is 0.844. The fraction of sp³-hybridized carbons (Fsp3) is 0.556. The number of nitrogens with zero attached hydrogens (tertiary/aromatic N) is 1. The van der Waals surface area contributed by atoms with Crippen LogP contribution in [0.15, 0.2) is 18.2 Å². The molecular formula is C18H23NO2. The number of rotatable bonds is 4. The topological polar surface area (TPSA) is 50.1 Å². The number of nitriles is 1. The molecule has 1 unspecified atom stereocenters. The van der Waals surface area contributed by atoms with Gasteiger partial charge < -0.3 is 4.74 Å². The lowest BCUT2D eigenvalue weighted by Crippen LogP contribution is -2.16. The van der Waals surface area contributed by atoms with Crippen molar-refractivity contribution in [2.24, 2.45) is 16.7 Å². The molecule has 0 aromatic heterocycles. The largest absolute Gasteiger partial charge is 0.496 e. The minimum Gasteiger partial charge on any atom is -0.496 e. The summed E-state index contributed by atoms with van der Waals surface area (Å²) in [6.07, 6.45) is 0. The van der Waals surface area contributed by atoms with Crippen molar-refractivity contribution in [2.45, 2.75) is 40.5 Å². The Morgan fingerprint density at radius 2 is 1.86 bits per heavy atom. The molecule has 2 rings (SSSR count). The van der Waals surface area contributed by atoms with Gasteiger partial charge in [0.15, 0.2) is 5.78 Å². The molecule has 1 saturated carbocycles. The van der Waals surface area contributed by atoms with Gasteiger partial charge in [-0.3, -0.25) is 4.79 Å². The monoisotopic (exact) mass is 285 g/mol. The first kappa shape index (κ1) is 15.6. The molecule has 1 aliphatic carbocycles. The third-order valence-electron chi connectivity index (χ3n) is 5.48. The highest BCUT2D eigenvalue weighted by molar-refractivity contribution is 5.94. The second kappa shape index (κ2) is 4.87. The molecule has 0 radical (unpaired) electrons. The molecule has 0 bridgehead atoms. The van der Waals surface area contributed by atoms with Gasteiger partial charge in [-0.05, 0) is 34.9 Å². The first-order valence-electron chi connectivity index (χ1n) is 7.26. The van der Waals surface area contributed by atoms with E-state index in [0.29, 0.717) is 0 Å². The van der Waals surface area contributed by atoms with Gasteiger partial charge in [0.1, 0.15) is 11.7 Å². The molecule has 0 saturated heterocycles. The predicted octanol–water partition coefficient (Wildman–Crippen LogP) is 3.86. The molecule has 1 atom stereocenters. The van der Waals surface area contributed by atoms with Crippen molar-refractivity contribution in [3.8, 4) is 11.8 Å². The van der Waals surface area contributed by atoms with Crippen molar-refractivity contribution in [2.75, 3.05) is 7.11 Å². The molecule has 0 spiro atoms. The minimum absolute atomic E-state index is 0.0263. The summed E-state index contributed by atoms with van der Waals surface area (Å²) in [4.78, 5) is 12.8. The maximum absolute atomic E-state index is 12.8. The number of hydrogen-bond donors (Lipinski definition) is 0. The third kappa shape index (κ3) is 2.23. The van der Waals surface area contributed by atoms with Gasteiger partial charge in [0.25, 0.3) is 0 Å². The third-order valence-corrected chi connectivity index (χ3v) is 5.48. The number of hydrogen-bond acceptors (Lipinski definition) is 3. The number of aryl methyl sites for hydroxylation is 1. The smallest absolute Gasteiger partial charge is 0.158 e. The van der Waals surface area contributed by atoms with E-state index in [-0.39, 0.29) is 22.5 Å².